The molecule has 1 amide bonds. The van der Waals surface area contributed by atoms with Gasteiger partial charge < -0.3 is 9.47 Å². The third-order valence-corrected chi connectivity index (χ3v) is 4.88. The molecule has 0 atom stereocenters. The fraction of sp³-hybridized carbons (Fsp3) is 0.143. The maximum absolute atomic E-state index is 13.5. The highest BCUT2D eigenvalue weighted by Crippen LogP contribution is 2.32. The van der Waals surface area contributed by atoms with Crippen LogP contribution in [0, 0.1) is 18.6 Å². The zero-order valence-electron chi connectivity index (χ0n) is 15.8. The van der Waals surface area contributed by atoms with Gasteiger partial charge in [0, 0.05) is 16.0 Å². The Morgan fingerprint density at radius 2 is 2.00 bits per heavy atom. The molecule has 0 spiro atoms. The van der Waals surface area contributed by atoms with Gasteiger partial charge in [0.05, 0.1) is 12.8 Å². The number of carbonyl (C=O) groups excluding carboxylic acids is 1. The third-order valence-electron chi connectivity index (χ3n) is 3.99. The van der Waals surface area contributed by atoms with Crippen molar-refractivity contribution in [3.63, 3.8) is 0 Å². The molecule has 8 heteroatoms. The van der Waals surface area contributed by atoms with Crippen LogP contribution in [0.15, 0.2) is 49.1 Å². The van der Waals surface area contributed by atoms with E-state index in [4.69, 9.17) is 9.47 Å². The molecule has 0 fully saturated rings. The molecule has 0 unspecified atom stereocenters. The lowest BCUT2D eigenvalue weighted by Crippen LogP contribution is -2.12. The summed E-state index contributed by atoms with van der Waals surface area (Å²) in [4.78, 5) is 17.7. The number of halogens is 2. The van der Waals surface area contributed by atoms with E-state index in [0.717, 1.165) is 17.0 Å². The molecule has 0 aliphatic rings. The third kappa shape index (κ3) is 4.60. The number of amides is 1. The van der Waals surface area contributed by atoms with Crippen molar-refractivity contribution in [1.29, 1.82) is 0 Å². The van der Waals surface area contributed by atoms with E-state index in [2.05, 4.69) is 16.9 Å². The number of benzene rings is 2. The Bertz CT molecular complexity index is 1070. The number of methoxy groups -OCH3 is 1. The van der Waals surface area contributed by atoms with Crippen molar-refractivity contribution in [3.8, 4) is 22.8 Å². The van der Waals surface area contributed by atoms with Gasteiger partial charge >= 0.3 is 0 Å². The number of aryl methyl sites for hydroxylation is 1. The molecule has 3 aromatic rings. The van der Waals surface area contributed by atoms with Crippen LogP contribution >= 0.6 is 11.3 Å². The lowest BCUT2D eigenvalue weighted by molar-refractivity contribution is 0.102. The molecule has 0 bridgehead atoms. The Hall–Kier alpha value is -3.26. The van der Waals surface area contributed by atoms with Crippen molar-refractivity contribution < 1.29 is 23.0 Å². The van der Waals surface area contributed by atoms with E-state index in [0.29, 0.717) is 40.1 Å². The van der Waals surface area contributed by atoms with Gasteiger partial charge in [-0.2, -0.15) is 0 Å². The van der Waals surface area contributed by atoms with E-state index < -0.39 is 11.6 Å². The summed E-state index contributed by atoms with van der Waals surface area (Å²) in [5.41, 5.74) is 1.27. The molecule has 2 aromatic carbocycles. The number of carbonyl (C=O) groups is 1. The zero-order valence-corrected chi connectivity index (χ0v) is 16.6. The predicted octanol–water partition coefficient (Wildman–Crippen LogP) is 5.22. The number of anilines is 1. The van der Waals surface area contributed by atoms with Crippen molar-refractivity contribution in [2.75, 3.05) is 19.0 Å². The lowest BCUT2D eigenvalue weighted by Gasteiger charge is -2.10. The Kier molecular flexibility index (Phi) is 6.23. The van der Waals surface area contributed by atoms with Crippen molar-refractivity contribution in [2.24, 2.45) is 0 Å². The van der Waals surface area contributed by atoms with Crippen LogP contribution in [0.4, 0.5) is 13.9 Å². The highest BCUT2D eigenvalue weighted by Gasteiger charge is 2.16. The Balaban J connectivity index is 1.80. The molecule has 29 heavy (non-hydrogen) atoms. The molecule has 1 N–H and O–H groups in total. The Morgan fingerprint density at radius 3 is 2.69 bits per heavy atom. The first-order valence-electron chi connectivity index (χ1n) is 8.59. The maximum Gasteiger partial charge on any atom is 0.257 e. The van der Waals surface area contributed by atoms with Crippen molar-refractivity contribution in [3.05, 3.63) is 71.1 Å². The van der Waals surface area contributed by atoms with E-state index in [-0.39, 0.29) is 5.91 Å². The van der Waals surface area contributed by atoms with Crippen LogP contribution in [0.5, 0.6) is 11.5 Å². The van der Waals surface area contributed by atoms with Gasteiger partial charge in [-0.1, -0.05) is 12.7 Å². The molecule has 0 saturated heterocycles. The van der Waals surface area contributed by atoms with Crippen LogP contribution in [0.25, 0.3) is 11.3 Å². The van der Waals surface area contributed by atoms with Crippen LogP contribution < -0.4 is 14.8 Å². The van der Waals surface area contributed by atoms with Crippen LogP contribution in [0.1, 0.15) is 15.2 Å². The standard InChI is InChI=1S/C21H18F2N2O3S/c1-4-9-28-17-8-6-14(11-18(17)27-3)20(26)25-21-24-19(12(2)29-21)13-5-7-15(22)16(23)10-13/h4-8,10-11H,1,9H2,2-3H3,(H,24,25,26). The molecule has 0 aliphatic heterocycles. The first-order chi connectivity index (χ1) is 13.9. The van der Waals surface area contributed by atoms with Crippen LogP contribution in [-0.2, 0) is 0 Å². The molecule has 3 rings (SSSR count). The number of thiazole rings is 1. The smallest absolute Gasteiger partial charge is 0.257 e. The fourth-order valence-corrected chi connectivity index (χ4v) is 3.44. The topological polar surface area (TPSA) is 60.5 Å². The molecule has 0 saturated carbocycles. The molecule has 1 heterocycles. The van der Waals surface area contributed by atoms with Crippen LogP contribution in [0.3, 0.4) is 0 Å². The van der Waals surface area contributed by atoms with Crippen LogP contribution in [-0.4, -0.2) is 24.6 Å². The highest BCUT2D eigenvalue weighted by atomic mass is 32.1. The summed E-state index contributed by atoms with van der Waals surface area (Å²) in [6.45, 7) is 5.69. The average molecular weight is 416 g/mol. The van der Waals surface area contributed by atoms with Gasteiger partial charge in [-0.3, -0.25) is 10.1 Å². The second-order valence-corrected chi connectivity index (χ2v) is 7.18. The second kappa shape index (κ2) is 8.83. The largest absolute Gasteiger partial charge is 0.493 e. The summed E-state index contributed by atoms with van der Waals surface area (Å²) in [5, 5.41) is 3.06. The monoisotopic (exact) mass is 416 g/mol. The van der Waals surface area contributed by atoms with E-state index in [1.54, 1.807) is 31.2 Å². The molecule has 150 valence electrons. The first kappa shape index (κ1) is 20.5. The van der Waals surface area contributed by atoms with Crippen LogP contribution in [0.2, 0.25) is 0 Å². The molecule has 0 radical (unpaired) electrons. The van der Waals surface area contributed by atoms with Gasteiger partial charge in [0.25, 0.3) is 5.91 Å². The average Bonchev–Trinajstić information content (AvgIpc) is 3.08. The molecule has 5 nitrogen and oxygen atoms in total. The second-order valence-electron chi connectivity index (χ2n) is 5.97. The van der Waals surface area contributed by atoms with Crippen molar-refractivity contribution in [2.45, 2.75) is 6.92 Å². The van der Waals surface area contributed by atoms with E-state index >= 15 is 0 Å². The number of nitrogens with one attached hydrogen (secondary N) is 1. The van der Waals surface area contributed by atoms with E-state index in [1.165, 1.54) is 24.5 Å². The Morgan fingerprint density at radius 1 is 1.21 bits per heavy atom. The normalized spacial score (nSPS) is 10.5. The number of ether oxygens (including phenoxy) is 2. The molecular weight excluding hydrogens is 398 g/mol. The summed E-state index contributed by atoms with van der Waals surface area (Å²) in [6.07, 6.45) is 1.61. The minimum Gasteiger partial charge on any atom is -0.493 e. The predicted molar refractivity (Wildman–Crippen MR) is 109 cm³/mol. The molecular formula is C21H18F2N2O3S. The van der Waals surface area contributed by atoms with Crippen molar-refractivity contribution in [1.82, 2.24) is 4.98 Å². The minimum absolute atomic E-state index is 0.313. The summed E-state index contributed by atoms with van der Waals surface area (Å²) >= 11 is 1.24. The first-order valence-corrected chi connectivity index (χ1v) is 9.40. The fourth-order valence-electron chi connectivity index (χ4n) is 2.61. The van der Waals surface area contributed by atoms with Gasteiger partial charge in [0.2, 0.25) is 0 Å². The summed E-state index contributed by atoms with van der Waals surface area (Å²) < 4.78 is 37.4. The van der Waals surface area contributed by atoms with Gasteiger partial charge in [-0.05, 0) is 43.3 Å². The quantitative estimate of drug-likeness (QED) is 0.537. The highest BCUT2D eigenvalue weighted by molar-refractivity contribution is 7.16. The van der Waals surface area contributed by atoms with Gasteiger partial charge in [0.15, 0.2) is 28.3 Å². The number of hydrogen-bond acceptors (Lipinski definition) is 5. The Labute approximate surface area is 170 Å². The van der Waals surface area contributed by atoms with Gasteiger partial charge in [0.1, 0.15) is 6.61 Å². The van der Waals surface area contributed by atoms with Gasteiger partial charge in [-0.15, -0.1) is 11.3 Å². The number of hydrogen-bond donors (Lipinski definition) is 1. The molecule has 0 aliphatic carbocycles. The minimum atomic E-state index is -0.952. The number of rotatable bonds is 7. The SMILES string of the molecule is C=CCOc1ccc(C(=O)Nc2nc(-c3ccc(F)c(F)c3)c(C)s2)cc1OC. The molecule has 1 aromatic heterocycles. The van der Waals surface area contributed by atoms with E-state index in [1.807, 2.05) is 0 Å². The summed E-state index contributed by atoms with van der Waals surface area (Å²) in [7, 11) is 1.48. The lowest BCUT2D eigenvalue weighted by atomic mass is 10.1. The summed E-state index contributed by atoms with van der Waals surface area (Å²) in [6, 6.07) is 8.37. The zero-order chi connectivity index (χ0) is 21.0. The summed E-state index contributed by atoms with van der Waals surface area (Å²) in [5.74, 6) is -1.35. The number of aromatic nitrogens is 1. The van der Waals surface area contributed by atoms with Gasteiger partial charge in [-0.25, -0.2) is 13.8 Å². The van der Waals surface area contributed by atoms with Crippen molar-refractivity contribution >= 4 is 22.4 Å². The van der Waals surface area contributed by atoms with E-state index in [9.17, 15) is 13.6 Å². The number of nitrogens with zero attached hydrogens (tertiary/aromatic N) is 1. The maximum atomic E-state index is 13.5.